The molecule has 2 saturated carbocycles. The molecule has 1 aromatic carbocycles. The summed E-state index contributed by atoms with van der Waals surface area (Å²) in [6, 6.07) is 7.41. The predicted octanol–water partition coefficient (Wildman–Crippen LogP) is 3.19. The Morgan fingerprint density at radius 2 is 1.92 bits per heavy atom. The van der Waals surface area contributed by atoms with Crippen molar-refractivity contribution >= 4 is 11.7 Å². The molecular weight excluding hydrogens is 332 g/mol. The Kier molecular flexibility index (Phi) is 3.72. The number of nitrogens with zero attached hydrogens (tertiary/aromatic N) is 2. The van der Waals surface area contributed by atoms with Gasteiger partial charge in [0, 0.05) is 35.8 Å². The molecule has 0 radical (unpaired) electrons. The second-order valence-electron chi connectivity index (χ2n) is 7.21. The standard InChI is InChI=1S/C19H22N4O3/c24-19(21-14-5-6-17-18(9-14)26-11-25-17)20-7-8-23-16(13-3-4-13)10-15(22-23)12-1-2-12/h5-6,9-10,12-13H,1-4,7-8,11H2,(H2,20,21,24). The van der Waals surface area contributed by atoms with Crippen LogP contribution in [0, 0.1) is 0 Å². The summed E-state index contributed by atoms with van der Waals surface area (Å²) in [7, 11) is 0. The molecule has 3 aliphatic rings. The van der Waals surface area contributed by atoms with E-state index in [-0.39, 0.29) is 12.8 Å². The lowest BCUT2D eigenvalue weighted by atomic mass is 10.2. The number of ether oxygens (including phenoxy) is 2. The number of fused-ring (bicyclic) bond motifs is 1. The number of carbonyl (C=O) groups is 1. The average molecular weight is 354 g/mol. The normalized spacial score (nSPS) is 18.0. The highest BCUT2D eigenvalue weighted by Gasteiger charge is 2.32. The van der Waals surface area contributed by atoms with Gasteiger partial charge in [-0.25, -0.2) is 4.79 Å². The molecule has 1 aliphatic heterocycles. The van der Waals surface area contributed by atoms with Crippen molar-refractivity contribution in [2.75, 3.05) is 18.7 Å². The number of urea groups is 1. The quantitative estimate of drug-likeness (QED) is 0.835. The summed E-state index contributed by atoms with van der Waals surface area (Å²) < 4.78 is 12.7. The molecule has 2 N–H and O–H groups in total. The first-order valence-corrected chi connectivity index (χ1v) is 9.28. The van der Waals surface area contributed by atoms with Crippen LogP contribution < -0.4 is 20.1 Å². The zero-order valence-corrected chi connectivity index (χ0v) is 14.5. The van der Waals surface area contributed by atoms with Crippen molar-refractivity contribution in [2.24, 2.45) is 0 Å². The SMILES string of the molecule is O=C(NCCn1nc(C2CC2)cc1C1CC1)Nc1ccc2c(c1)OCO2. The Balaban J connectivity index is 1.16. The van der Waals surface area contributed by atoms with Crippen molar-refractivity contribution in [1.29, 1.82) is 0 Å². The number of carbonyl (C=O) groups excluding carboxylic acids is 1. The zero-order chi connectivity index (χ0) is 17.5. The summed E-state index contributed by atoms with van der Waals surface area (Å²) in [5, 5.41) is 10.5. The van der Waals surface area contributed by atoms with E-state index in [0.717, 1.165) is 0 Å². The Hall–Kier alpha value is -2.70. The maximum absolute atomic E-state index is 12.1. The minimum atomic E-state index is -0.230. The van der Waals surface area contributed by atoms with Crippen molar-refractivity contribution in [3.8, 4) is 11.5 Å². The number of rotatable bonds is 6. The Bertz CT molecular complexity index is 839. The summed E-state index contributed by atoms with van der Waals surface area (Å²) in [5.74, 6) is 2.68. The fourth-order valence-electron chi connectivity index (χ4n) is 3.34. The summed E-state index contributed by atoms with van der Waals surface area (Å²) in [4.78, 5) is 12.1. The van der Waals surface area contributed by atoms with Gasteiger partial charge in [-0.3, -0.25) is 4.68 Å². The molecule has 2 amide bonds. The molecule has 0 spiro atoms. The van der Waals surface area contributed by atoms with Gasteiger partial charge in [0.05, 0.1) is 12.2 Å². The van der Waals surface area contributed by atoms with Gasteiger partial charge in [0.15, 0.2) is 11.5 Å². The number of amides is 2. The number of hydrogen-bond donors (Lipinski definition) is 2. The maximum Gasteiger partial charge on any atom is 0.319 e. The van der Waals surface area contributed by atoms with E-state index in [2.05, 4.69) is 21.4 Å². The highest BCUT2D eigenvalue weighted by molar-refractivity contribution is 5.89. The zero-order valence-electron chi connectivity index (χ0n) is 14.5. The summed E-state index contributed by atoms with van der Waals surface area (Å²) in [6.07, 6.45) is 5.04. The van der Waals surface area contributed by atoms with Crippen LogP contribution in [0.1, 0.15) is 48.9 Å². The number of benzene rings is 1. The lowest BCUT2D eigenvalue weighted by molar-refractivity contribution is 0.174. The Labute approximate surface area is 151 Å². The average Bonchev–Trinajstić information content (AvgIpc) is 3.56. The second kappa shape index (κ2) is 6.23. The molecule has 7 heteroatoms. The Morgan fingerprint density at radius 1 is 1.12 bits per heavy atom. The van der Waals surface area contributed by atoms with Gasteiger partial charge in [0.25, 0.3) is 0 Å². The van der Waals surface area contributed by atoms with E-state index in [1.807, 2.05) is 0 Å². The molecule has 2 heterocycles. The largest absolute Gasteiger partial charge is 0.454 e. The molecule has 2 aromatic rings. The third-order valence-electron chi connectivity index (χ3n) is 5.06. The maximum atomic E-state index is 12.1. The highest BCUT2D eigenvalue weighted by Crippen LogP contribution is 2.44. The van der Waals surface area contributed by atoms with Gasteiger partial charge >= 0.3 is 6.03 Å². The fourth-order valence-corrected chi connectivity index (χ4v) is 3.34. The molecule has 0 atom stereocenters. The van der Waals surface area contributed by atoms with Crippen LogP contribution in [0.3, 0.4) is 0 Å². The van der Waals surface area contributed by atoms with Gasteiger partial charge in [-0.15, -0.1) is 0 Å². The number of anilines is 1. The first-order valence-electron chi connectivity index (χ1n) is 9.28. The van der Waals surface area contributed by atoms with Crippen molar-refractivity contribution in [1.82, 2.24) is 15.1 Å². The third kappa shape index (κ3) is 3.21. The van der Waals surface area contributed by atoms with Crippen molar-refractivity contribution in [3.63, 3.8) is 0 Å². The molecule has 136 valence electrons. The van der Waals surface area contributed by atoms with Crippen LogP contribution in [0.2, 0.25) is 0 Å². The van der Waals surface area contributed by atoms with Crippen molar-refractivity contribution in [3.05, 3.63) is 35.7 Å². The van der Waals surface area contributed by atoms with Crippen LogP contribution >= 0.6 is 0 Å². The lowest BCUT2D eigenvalue weighted by Gasteiger charge is -2.10. The van der Waals surface area contributed by atoms with Crippen LogP contribution in [0.25, 0.3) is 0 Å². The fraction of sp³-hybridized carbons (Fsp3) is 0.474. The molecule has 2 fully saturated rings. The van der Waals surface area contributed by atoms with E-state index in [0.29, 0.717) is 42.1 Å². The number of nitrogens with one attached hydrogen (secondary N) is 2. The minimum absolute atomic E-state index is 0.223. The van der Waals surface area contributed by atoms with Crippen molar-refractivity contribution in [2.45, 2.75) is 44.1 Å². The first-order chi connectivity index (χ1) is 12.8. The van der Waals surface area contributed by atoms with Crippen LogP contribution in [-0.2, 0) is 6.54 Å². The van der Waals surface area contributed by atoms with Crippen LogP contribution in [0.4, 0.5) is 10.5 Å². The number of hydrogen-bond acceptors (Lipinski definition) is 4. The molecule has 0 unspecified atom stereocenters. The van der Waals surface area contributed by atoms with Gasteiger partial charge in [-0.05, 0) is 43.9 Å². The molecule has 26 heavy (non-hydrogen) atoms. The monoisotopic (exact) mass is 354 g/mol. The topological polar surface area (TPSA) is 77.4 Å². The van der Waals surface area contributed by atoms with Crippen LogP contribution in [0.5, 0.6) is 11.5 Å². The van der Waals surface area contributed by atoms with E-state index in [4.69, 9.17) is 14.6 Å². The summed E-state index contributed by atoms with van der Waals surface area (Å²) >= 11 is 0. The lowest BCUT2D eigenvalue weighted by Crippen LogP contribution is -2.32. The summed E-state index contributed by atoms with van der Waals surface area (Å²) in [6.45, 7) is 1.47. The van der Waals surface area contributed by atoms with Gasteiger partial charge in [0.1, 0.15) is 0 Å². The van der Waals surface area contributed by atoms with E-state index < -0.39 is 0 Å². The van der Waals surface area contributed by atoms with Crippen molar-refractivity contribution < 1.29 is 14.3 Å². The number of aromatic nitrogens is 2. The van der Waals surface area contributed by atoms with Gasteiger partial charge in [-0.1, -0.05) is 0 Å². The minimum Gasteiger partial charge on any atom is -0.454 e. The predicted molar refractivity (Wildman–Crippen MR) is 95.8 cm³/mol. The molecule has 1 aromatic heterocycles. The molecule has 7 nitrogen and oxygen atoms in total. The second-order valence-corrected chi connectivity index (χ2v) is 7.21. The smallest absolute Gasteiger partial charge is 0.319 e. The highest BCUT2D eigenvalue weighted by atomic mass is 16.7. The van der Waals surface area contributed by atoms with E-state index in [9.17, 15) is 4.79 Å². The Morgan fingerprint density at radius 3 is 2.73 bits per heavy atom. The molecular formula is C19H22N4O3. The van der Waals surface area contributed by atoms with Crippen LogP contribution in [0.15, 0.2) is 24.3 Å². The molecule has 0 bridgehead atoms. The molecule has 5 rings (SSSR count). The van der Waals surface area contributed by atoms with Gasteiger partial charge in [-0.2, -0.15) is 5.10 Å². The molecule has 2 aliphatic carbocycles. The summed E-state index contributed by atoms with van der Waals surface area (Å²) in [5.41, 5.74) is 3.25. The molecule has 0 saturated heterocycles. The van der Waals surface area contributed by atoms with Gasteiger partial charge in [0.2, 0.25) is 6.79 Å². The van der Waals surface area contributed by atoms with E-state index >= 15 is 0 Å². The van der Waals surface area contributed by atoms with Gasteiger partial charge < -0.3 is 20.1 Å². The first kappa shape index (κ1) is 15.5. The van der Waals surface area contributed by atoms with E-state index in [1.54, 1.807) is 18.2 Å². The van der Waals surface area contributed by atoms with Crippen LogP contribution in [-0.4, -0.2) is 29.1 Å². The van der Waals surface area contributed by atoms with E-state index in [1.165, 1.54) is 37.1 Å². The third-order valence-corrected chi connectivity index (χ3v) is 5.06.